The van der Waals surface area contributed by atoms with Gasteiger partial charge in [-0.1, -0.05) is 11.6 Å². The minimum absolute atomic E-state index is 0.598. The molecule has 0 spiro atoms. The Labute approximate surface area is 108 Å². The fourth-order valence-electron chi connectivity index (χ4n) is 1.59. The van der Waals surface area contributed by atoms with Gasteiger partial charge in [0.15, 0.2) is 0 Å². The van der Waals surface area contributed by atoms with Gasteiger partial charge in [0.25, 0.3) is 0 Å². The molecule has 0 atom stereocenters. The van der Waals surface area contributed by atoms with Gasteiger partial charge in [-0.25, -0.2) is 0 Å². The molecule has 0 radical (unpaired) electrons. The van der Waals surface area contributed by atoms with E-state index in [4.69, 9.17) is 21.1 Å². The summed E-state index contributed by atoms with van der Waals surface area (Å²) in [7, 11) is 1.93. The Hall–Kier alpha value is -0.930. The predicted octanol–water partition coefficient (Wildman–Crippen LogP) is 2.90. The van der Waals surface area contributed by atoms with Crippen LogP contribution in [-0.4, -0.2) is 26.8 Å². The molecule has 0 heterocycles. The van der Waals surface area contributed by atoms with E-state index in [0.717, 1.165) is 24.3 Å². The molecule has 0 aliphatic heterocycles. The number of ether oxygens (including phenoxy) is 2. The molecule has 0 saturated carbocycles. The fraction of sp³-hybridized carbons (Fsp3) is 0.538. The molecule has 4 heteroatoms. The van der Waals surface area contributed by atoms with Gasteiger partial charge < -0.3 is 14.8 Å². The maximum absolute atomic E-state index is 6.16. The summed E-state index contributed by atoms with van der Waals surface area (Å²) < 4.78 is 11.1. The van der Waals surface area contributed by atoms with Crippen LogP contribution < -0.4 is 14.8 Å². The van der Waals surface area contributed by atoms with Crippen molar-refractivity contribution in [2.24, 2.45) is 0 Å². The molecule has 0 unspecified atom stereocenters. The van der Waals surface area contributed by atoms with E-state index < -0.39 is 0 Å². The fourth-order valence-corrected chi connectivity index (χ4v) is 1.83. The van der Waals surface area contributed by atoms with Crippen molar-refractivity contribution in [1.29, 1.82) is 0 Å². The molecule has 0 fully saturated rings. The van der Waals surface area contributed by atoms with Crippen LogP contribution in [0.5, 0.6) is 11.5 Å². The highest BCUT2D eigenvalue weighted by Crippen LogP contribution is 2.33. The van der Waals surface area contributed by atoms with Gasteiger partial charge in [0.05, 0.1) is 18.2 Å². The van der Waals surface area contributed by atoms with Crippen molar-refractivity contribution in [1.82, 2.24) is 5.32 Å². The predicted molar refractivity (Wildman–Crippen MR) is 71.4 cm³/mol. The monoisotopic (exact) mass is 257 g/mol. The highest BCUT2D eigenvalue weighted by Gasteiger charge is 2.10. The second-order valence-electron chi connectivity index (χ2n) is 3.61. The Morgan fingerprint density at radius 1 is 1.12 bits per heavy atom. The number of hydrogen-bond acceptors (Lipinski definition) is 3. The molecule has 0 amide bonds. The topological polar surface area (TPSA) is 30.5 Å². The van der Waals surface area contributed by atoms with Crippen molar-refractivity contribution in [2.45, 2.75) is 20.3 Å². The van der Waals surface area contributed by atoms with E-state index in [0.29, 0.717) is 24.0 Å². The van der Waals surface area contributed by atoms with Crippen LogP contribution >= 0.6 is 11.6 Å². The first-order valence-corrected chi connectivity index (χ1v) is 6.33. The van der Waals surface area contributed by atoms with Crippen molar-refractivity contribution >= 4 is 11.6 Å². The summed E-state index contributed by atoms with van der Waals surface area (Å²) in [5, 5.41) is 3.76. The van der Waals surface area contributed by atoms with Crippen molar-refractivity contribution in [2.75, 3.05) is 26.8 Å². The van der Waals surface area contributed by atoms with E-state index >= 15 is 0 Å². The first-order valence-electron chi connectivity index (χ1n) is 5.95. The molecule has 0 aromatic heterocycles. The van der Waals surface area contributed by atoms with Crippen LogP contribution in [0.15, 0.2) is 12.1 Å². The van der Waals surface area contributed by atoms with E-state index in [9.17, 15) is 0 Å². The number of nitrogens with one attached hydrogen (secondary N) is 1. The van der Waals surface area contributed by atoms with Crippen molar-refractivity contribution in [3.63, 3.8) is 0 Å². The Balaban J connectivity index is 2.97. The molecule has 1 N–H and O–H groups in total. The molecule has 0 bridgehead atoms. The number of benzene rings is 1. The van der Waals surface area contributed by atoms with E-state index in [-0.39, 0.29) is 0 Å². The van der Waals surface area contributed by atoms with Crippen molar-refractivity contribution in [3.8, 4) is 11.5 Å². The normalized spacial score (nSPS) is 10.4. The van der Waals surface area contributed by atoms with Crippen LogP contribution in [0.1, 0.15) is 19.4 Å². The van der Waals surface area contributed by atoms with Crippen molar-refractivity contribution in [3.05, 3.63) is 22.7 Å². The Morgan fingerprint density at radius 2 is 1.76 bits per heavy atom. The summed E-state index contributed by atoms with van der Waals surface area (Å²) in [5.41, 5.74) is 1.11. The molecule has 3 nitrogen and oxygen atoms in total. The Morgan fingerprint density at radius 3 is 2.35 bits per heavy atom. The van der Waals surface area contributed by atoms with Crippen LogP contribution in [0.4, 0.5) is 0 Å². The minimum Gasteiger partial charge on any atom is -0.493 e. The largest absolute Gasteiger partial charge is 0.493 e. The van der Waals surface area contributed by atoms with E-state index in [1.807, 2.05) is 33.0 Å². The lowest BCUT2D eigenvalue weighted by Gasteiger charge is -2.14. The lowest BCUT2D eigenvalue weighted by atomic mass is 10.1. The third-order valence-corrected chi connectivity index (χ3v) is 2.65. The highest BCUT2D eigenvalue weighted by atomic mass is 35.5. The summed E-state index contributed by atoms with van der Waals surface area (Å²) in [6, 6.07) is 3.80. The van der Waals surface area contributed by atoms with E-state index in [2.05, 4.69) is 5.32 Å². The summed E-state index contributed by atoms with van der Waals surface area (Å²) in [5.74, 6) is 1.54. The maximum Gasteiger partial charge on any atom is 0.141 e. The number of likely N-dealkylation sites (N-methyl/N-ethyl adjacent to an activating group) is 1. The third-order valence-electron chi connectivity index (χ3n) is 2.36. The van der Waals surface area contributed by atoms with Crippen LogP contribution in [0, 0.1) is 0 Å². The summed E-state index contributed by atoms with van der Waals surface area (Å²) in [4.78, 5) is 0. The summed E-state index contributed by atoms with van der Waals surface area (Å²) in [6.07, 6.45) is 0.887. The van der Waals surface area contributed by atoms with E-state index in [1.54, 1.807) is 0 Å². The number of halogens is 1. The van der Waals surface area contributed by atoms with Gasteiger partial charge in [0.1, 0.15) is 11.5 Å². The minimum atomic E-state index is 0.598. The Kier molecular flexibility index (Phi) is 6.16. The first kappa shape index (κ1) is 14.1. The second-order valence-corrected chi connectivity index (χ2v) is 4.02. The quantitative estimate of drug-likeness (QED) is 0.815. The van der Waals surface area contributed by atoms with Gasteiger partial charge in [0.2, 0.25) is 0 Å². The van der Waals surface area contributed by atoms with E-state index in [1.165, 1.54) is 0 Å². The Bertz CT molecular complexity index is 356. The molecule has 1 aromatic rings. The van der Waals surface area contributed by atoms with Crippen LogP contribution in [0.25, 0.3) is 0 Å². The molecule has 0 aliphatic rings. The summed E-state index contributed by atoms with van der Waals surface area (Å²) in [6.45, 7) is 6.04. The molecular weight excluding hydrogens is 238 g/mol. The van der Waals surface area contributed by atoms with Crippen molar-refractivity contribution < 1.29 is 9.47 Å². The summed E-state index contributed by atoms with van der Waals surface area (Å²) >= 11 is 6.16. The smallest absolute Gasteiger partial charge is 0.141 e. The molecular formula is C13H20ClNO2. The van der Waals surface area contributed by atoms with Gasteiger partial charge in [-0.2, -0.15) is 0 Å². The second kappa shape index (κ2) is 7.41. The van der Waals surface area contributed by atoms with Crippen LogP contribution in [-0.2, 0) is 6.42 Å². The van der Waals surface area contributed by atoms with Gasteiger partial charge in [-0.15, -0.1) is 0 Å². The third kappa shape index (κ3) is 4.10. The average molecular weight is 258 g/mol. The molecule has 0 saturated heterocycles. The first-order chi connectivity index (χ1) is 8.22. The van der Waals surface area contributed by atoms with Gasteiger partial charge in [-0.3, -0.25) is 0 Å². The zero-order valence-electron chi connectivity index (χ0n) is 10.7. The molecule has 17 heavy (non-hydrogen) atoms. The molecule has 96 valence electrons. The zero-order valence-corrected chi connectivity index (χ0v) is 11.4. The SMILES string of the molecule is CCOc1cc(OCC)c(CCNC)cc1Cl. The highest BCUT2D eigenvalue weighted by molar-refractivity contribution is 6.32. The molecule has 1 aromatic carbocycles. The lowest BCUT2D eigenvalue weighted by Crippen LogP contribution is -2.11. The van der Waals surface area contributed by atoms with Crippen LogP contribution in [0.2, 0.25) is 5.02 Å². The van der Waals surface area contributed by atoms with Crippen LogP contribution in [0.3, 0.4) is 0 Å². The number of hydrogen-bond donors (Lipinski definition) is 1. The maximum atomic E-state index is 6.16. The molecule has 0 aliphatic carbocycles. The van der Waals surface area contributed by atoms with Gasteiger partial charge in [-0.05, 0) is 45.5 Å². The standard InChI is InChI=1S/C13H20ClNO2/c1-4-16-12-9-13(17-5-2)11(14)8-10(12)6-7-15-3/h8-9,15H,4-7H2,1-3H3. The van der Waals surface area contributed by atoms with Gasteiger partial charge in [0, 0.05) is 6.07 Å². The average Bonchev–Trinajstić information content (AvgIpc) is 2.32. The van der Waals surface area contributed by atoms with Gasteiger partial charge >= 0.3 is 0 Å². The molecule has 1 rings (SSSR count). The number of rotatable bonds is 7. The lowest BCUT2D eigenvalue weighted by molar-refractivity contribution is 0.321. The zero-order chi connectivity index (χ0) is 12.7.